The monoisotopic (exact) mass is 179 g/mol. The second-order valence-electron chi connectivity index (χ2n) is 3.93. The zero-order valence-electron chi connectivity index (χ0n) is 8.13. The van der Waals surface area contributed by atoms with E-state index in [1.54, 1.807) is 0 Å². The van der Waals surface area contributed by atoms with Gasteiger partial charge in [-0.15, -0.1) is 0 Å². The average Bonchev–Trinajstić information content (AvgIpc) is 2.56. The van der Waals surface area contributed by atoms with E-state index in [9.17, 15) is 0 Å². The number of hydrogen-bond donors (Lipinski definition) is 0. The molecule has 13 heavy (non-hydrogen) atoms. The van der Waals surface area contributed by atoms with E-state index in [1.165, 1.54) is 0 Å². The minimum Gasteiger partial charge on any atom is -0.473 e. The molecule has 2 heterocycles. The fraction of sp³-hybridized carbons (Fsp3) is 0.500. The third kappa shape index (κ3) is 1.59. The highest BCUT2D eigenvalue weighted by Gasteiger charge is 2.28. The van der Waals surface area contributed by atoms with Gasteiger partial charge in [0.25, 0.3) is 5.90 Å². The first-order chi connectivity index (χ1) is 6.07. The molecule has 0 radical (unpaired) electrons. The van der Waals surface area contributed by atoms with Crippen molar-refractivity contribution < 1.29 is 9.15 Å². The van der Waals surface area contributed by atoms with Crippen LogP contribution in [0.5, 0.6) is 0 Å². The number of hydrogen-bond acceptors (Lipinski definition) is 3. The summed E-state index contributed by atoms with van der Waals surface area (Å²) in [7, 11) is 0. The Balaban J connectivity index is 2.29. The van der Waals surface area contributed by atoms with Crippen molar-refractivity contribution in [2.24, 2.45) is 4.99 Å². The van der Waals surface area contributed by atoms with Crippen molar-refractivity contribution in [3.05, 3.63) is 23.7 Å². The molecule has 1 aromatic rings. The van der Waals surface area contributed by atoms with Crippen molar-refractivity contribution in [3.63, 3.8) is 0 Å². The van der Waals surface area contributed by atoms with E-state index in [1.807, 2.05) is 32.9 Å². The smallest absolute Gasteiger partial charge is 0.253 e. The highest BCUT2D eigenvalue weighted by Crippen LogP contribution is 2.21. The van der Waals surface area contributed by atoms with Crippen LogP contribution in [0.1, 0.15) is 25.4 Å². The van der Waals surface area contributed by atoms with Crippen LogP contribution in [0, 0.1) is 6.92 Å². The van der Waals surface area contributed by atoms with Gasteiger partial charge in [-0.25, -0.2) is 4.99 Å². The number of nitrogens with zero attached hydrogens (tertiary/aromatic N) is 1. The zero-order valence-corrected chi connectivity index (χ0v) is 8.13. The standard InChI is InChI=1S/C10H13NO2/c1-7-4-5-8(13-7)9-11-10(2,3)6-12-9/h4-5H,6H2,1-3H3. The largest absolute Gasteiger partial charge is 0.473 e. The molecule has 1 aliphatic rings. The van der Waals surface area contributed by atoms with Crippen LogP contribution in [0.4, 0.5) is 0 Å². The predicted molar refractivity (Wildman–Crippen MR) is 50.0 cm³/mol. The molecule has 0 N–H and O–H groups in total. The van der Waals surface area contributed by atoms with Crippen LogP contribution in [0.15, 0.2) is 21.5 Å². The topological polar surface area (TPSA) is 34.7 Å². The summed E-state index contributed by atoms with van der Waals surface area (Å²) in [5.74, 6) is 2.23. The highest BCUT2D eigenvalue weighted by molar-refractivity contribution is 5.92. The maximum absolute atomic E-state index is 5.42. The van der Waals surface area contributed by atoms with Crippen molar-refractivity contribution in [1.29, 1.82) is 0 Å². The van der Waals surface area contributed by atoms with E-state index in [4.69, 9.17) is 9.15 Å². The van der Waals surface area contributed by atoms with Crippen molar-refractivity contribution in [2.45, 2.75) is 26.3 Å². The summed E-state index contributed by atoms with van der Waals surface area (Å²) in [6.07, 6.45) is 0. The SMILES string of the molecule is Cc1ccc(C2=NC(C)(C)CO2)o1. The normalized spacial score (nSPS) is 19.8. The Bertz CT molecular complexity index is 350. The van der Waals surface area contributed by atoms with Gasteiger partial charge in [0.2, 0.25) is 0 Å². The van der Waals surface area contributed by atoms with Gasteiger partial charge in [0.15, 0.2) is 5.76 Å². The Morgan fingerprint density at radius 2 is 2.15 bits per heavy atom. The summed E-state index contributed by atoms with van der Waals surface area (Å²) in [6, 6.07) is 3.79. The Kier molecular flexibility index (Phi) is 1.68. The van der Waals surface area contributed by atoms with Crippen LogP contribution < -0.4 is 0 Å². The first-order valence-electron chi connectivity index (χ1n) is 4.36. The molecular formula is C10H13NO2. The molecule has 3 heteroatoms. The lowest BCUT2D eigenvalue weighted by molar-refractivity contribution is 0.275. The van der Waals surface area contributed by atoms with Gasteiger partial charge >= 0.3 is 0 Å². The molecule has 3 nitrogen and oxygen atoms in total. The summed E-state index contributed by atoms with van der Waals surface area (Å²) in [5.41, 5.74) is -0.115. The van der Waals surface area contributed by atoms with E-state index in [0.717, 1.165) is 11.5 Å². The molecule has 1 aliphatic heterocycles. The van der Waals surface area contributed by atoms with Crippen molar-refractivity contribution >= 4 is 5.90 Å². The van der Waals surface area contributed by atoms with E-state index in [-0.39, 0.29) is 5.54 Å². The lowest BCUT2D eigenvalue weighted by Gasteiger charge is -2.07. The minimum atomic E-state index is -0.115. The minimum absolute atomic E-state index is 0.115. The van der Waals surface area contributed by atoms with Gasteiger partial charge < -0.3 is 9.15 Å². The van der Waals surface area contributed by atoms with Crippen LogP contribution >= 0.6 is 0 Å². The molecular weight excluding hydrogens is 166 g/mol. The molecule has 0 fully saturated rings. The quantitative estimate of drug-likeness (QED) is 0.662. The highest BCUT2D eigenvalue weighted by atomic mass is 16.5. The number of aliphatic imine (C=N–C) groups is 1. The van der Waals surface area contributed by atoms with E-state index in [2.05, 4.69) is 4.99 Å². The fourth-order valence-electron chi connectivity index (χ4n) is 1.26. The van der Waals surface area contributed by atoms with Gasteiger partial charge in [-0.3, -0.25) is 0 Å². The summed E-state index contributed by atoms with van der Waals surface area (Å²) in [4.78, 5) is 4.40. The lowest BCUT2D eigenvalue weighted by atomic mass is 10.1. The van der Waals surface area contributed by atoms with Crippen LogP contribution in [0.25, 0.3) is 0 Å². The maximum atomic E-state index is 5.42. The Hall–Kier alpha value is -1.25. The summed E-state index contributed by atoms with van der Waals surface area (Å²) >= 11 is 0. The number of furan rings is 1. The Labute approximate surface area is 77.4 Å². The molecule has 0 bridgehead atoms. The van der Waals surface area contributed by atoms with Gasteiger partial charge in [-0.2, -0.15) is 0 Å². The van der Waals surface area contributed by atoms with E-state index in [0.29, 0.717) is 12.5 Å². The van der Waals surface area contributed by atoms with Crippen LogP contribution in [-0.2, 0) is 4.74 Å². The van der Waals surface area contributed by atoms with Gasteiger partial charge in [0.1, 0.15) is 12.4 Å². The fourth-order valence-corrected chi connectivity index (χ4v) is 1.26. The Morgan fingerprint density at radius 3 is 2.62 bits per heavy atom. The lowest BCUT2D eigenvalue weighted by Crippen LogP contribution is -2.17. The predicted octanol–water partition coefficient (Wildman–Crippen LogP) is 2.14. The van der Waals surface area contributed by atoms with E-state index >= 15 is 0 Å². The van der Waals surface area contributed by atoms with Crippen LogP contribution in [0.2, 0.25) is 0 Å². The third-order valence-corrected chi connectivity index (χ3v) is 1.92. The Morgan fingerprint density at radius 1 is 1.38 bits per heavy atom. The molecule has 2 rings (SSSR count). The molecule has 0 unspecified atom stereocenters. The van der Waals surface area contributed by atoms with Crippen molar-refractivity contribution in [1.82, 2.24) is 0 Å². The van der Waals surface area contributed by atoms with Gasteiger partial charge in [0.05, 0.1) is 5.54 Å². The molecule has 0 saturated carbocycles. The number of rotatable bonds is 1. The molecule has 0 aliphatic carbocycles. The third-order valence-electron chi connectivity index (χ3n) is 1.92. The van der Waals surface area contributed by atoms with Gasteiger partial charge in [-0.1, -0.05) is 0 Å². The number of ether oxygens (including phenoxy) is 1. The first-order valence-corrected chi connectivity index (χ1v) is 4.36. The van der Waals surface area contributed by atoms with Crippen molar-refractivity contribution in [3.8, 4) is 0 Å². The number of aryl methyl sites for hydroxylation is 1. The molecule has 70 valence electrons. The zero-order chi connectivity index (χ0) is 9.47. The summed E-state index contributed by atoms with van der Waals surface area (Å²) in [6.45, 7) is 6.61. The second-order valence-corrected chi connectivity index (χ2v) is 3.93. The molecule has 0 atom stereocenters. The average molecular weight is 179 g/mol. The van der Waals surface area contributed by atoms with Crippen LogP contribution in [-0.4, -0.2) is 18.0 Å². The molecule has 0 spiro atoms. The second kappa shape index (κ2) is 2.62. The summed E-state index contributed by atoms with van der Waals surface area (Å²) < 4.78 is 10.8. The van der Waals surface area contributed by atoms with Gasteiger partial charge in [-0.05, 0) is 32.9 Å². The van der Waals surface area contributed by atoms with Crippen molar-refractivity contribution in [2.75, 3.05) is 6.61 Å². The molecule has 0 amide bonds. The maximum Gasteiger partial charge on any atom is 0.253 e. The molecule has 1 aromatic heterocycles. The first kappa shape index (κ1) is 8.35. The van der Waals surface area contributed by atoms with E-state index < -0.39 is 0 Å². The molecule has 0 saturated heterocycles. The molecule has 0 aromatic carbocycles. The van der Waals surface area contributed by atoms with Crippen LogP contribution in [0.3, 0.4) is 0 Å². The summed E-state index contributed by atoms with van der Waals surface area (Å²) in [5, 5.41) is 0. The van der Waals surface area contributed by atoms with Gasteiger partial charge in [0, 0.05) is 0 Å².